The molecule has 1 aromatic carbocycles. The Morgan fingerprint density at radius 3 is 2.57 bits per heavy atom. The lowest BCUT2D eigenvalue weighted by Crippen LogP contribution is -2.30. The van der Waals surface area contributed by atoms with Gasteiger partial charge >= 0.3 is 0 Å². The van der Waals surface area contributed by atoms with Gasteiger partial charge in [0.2, 0.25) is 5.91 Å². The van der Waals surface area contributed by atoms with Crippen molar-refractivity contribution in [2.75, 3.05) is 13.6 Å². The second-order valence-corrected chi connectivity index (χ2v) is 7.29. The first-order valence-electron chi connectivity index (χ1n) is 7.82. The summed E-state index contributed by atoms with van der Waals surface area (Å²) in [5, 5.41) is 10.3. The van der Waals surface area contributed by atoms with Crippen LogP contribution in [0, 0.1) is 13.8 Å². The summed E-state index contributed by atoms with van der Waals surface area (Å²) >= 11 is 1.58. The Morgan fingerprint density at radius 1 is 1.30 bits per heavy atom. The van der Waals surface area contributed by atoms with E-state index in [9.17, 15) is 9.90 Å². The summed E-state index contributed by atoms with van der Waals surface area (Å²) in [4.78, 5) is 19.7. The highest BCUT2D eigenvalue weighted by Gasteiger charge is 2.17. The topological polar surface area (TPSA) is 53.4 Å². The van der Waals surface area contributed by atoms with Gasteiger partial charge in [-0.15, -0.1) is 11.3 Å². The third-order valence-electron chi connectivity index (χ3n) is 3.75. The molecule has 23 heavy (non-hydrogen) atoms. The van der Waals surface area contributed by atoms with Gasteiger partial charge in [-0.05, 0) is 27.2 Å². The fourth-order valence-corrected chi connectivity index (χ4v) is 3.25. The number of amides is 1. The third kappa shape index (κ3) is 4.88. The van der Waals surface area contributed by atoms with Crippen LogP contribution in [0.2, 0.25) is 0 Å². The highest BCUT2D eigenvalue weighted by Crippen LogP contribution is 2.29. The number of likely N-dealkylation sites (N-methyl/N-ethyl adjacent to an activating group) is 1. The minimum Gasteiger partial charge on any atom is -0.393 e. The van der Waals surface area contributed by atoms with E-state index < -0.39 is 0 Å². The molecular formula is C18H24N2O2S. The zero-order chi connectivity index (χ0) is 17.0. The van der Waals surface area contributed by atoms with Crippen molar-refractivity contribution in [3.05, 3.63) is 39.7 Å². The van der Waals surface area contributed by atoms with E-state index in [1.54, 1.807) is 30.2 Å². The lowest BCUT2D eigenvalue weighted by molar-refractivity contribution is -0.129. The number of nitrogens with zero attached hydrogens (tertiary/aromatic N) is 2. The molecule has 1 amide bonds. The number of hydrogen-bond donors (Lipinski definition) is 1. The van der Waals surface area contributed by atoms with Gasteiger partial charge in [0, 0.05) is 24.0 Å². The number of carbonyl (C=O) groups excluding carboxylic acids is 1. The maximum Gasteiger partial charge on any atom is 0.227 e. The molecule has 0 radical (unpaired) electrons. The SMILES string of the molecule is Cc1ccc(-c2nc(C)sc2CC(=O)N(C)CCC(C)O)cc1. The third-order valence-corrected chi connectivity index (χ3v) is 4.72. The molecule has 1 aromatic heterocycles. The zero-order valence-corrected chi connectivity index (χ0v) is 15.0. The molecule has 124 valence electrons. The standard InChI is InChI=1S/C18H24N2O2S/c1-12-5-7-15(8-6-12)18-16(23-14(3)19-18)11-17(22)20(4)10-9-13(2)21/h5-8,13,21H,9-11H2,1-4H3. The van der Waals surface area contributed by atoms with Gasteiger partial charge in [-0.25, -0.2) is 4.98 Å². The van der Waals surface area contributed by atoms with Crippen molar-refractivity contribution in [1.82, 2.24) is 9.88 Å². The van der Waals surface area contributed by atoms with Gasteiger partial charge in [0.25, 0.3) is 0 Å². The predicted molar refractivity (Wildman–Crippen MR) is 94.7 cm³/mol. The highest BCUT2D eigenvalue weighted by molar-refractivity contribution is 7.12. The summed E-state index contributed by atoms with van der Waals surface area (Å²) in [6, 6.07) is 8.22. The van der Waals surface area contributed by atoms with Crippen LogP contribution in [0.4, 0.5) is 0 Å². The molecule has 0 bridgehead atoms. The van der Waals surface area contributed by atoms with Crippen molar-refractivity contribution in [2.24, 2.45) is 0 Å². The maximum atomic E-state index is 12.4. The molecule has 1 N–H and O–H groups in total. The van der Waals surface area contributed by atoms with Crippen LogP contribution in [-0.2, 0) is 11.2 Å². The van der Waals surface area contributed by atoms with Crippen molar-refractivity contribution < 1.29 is 9.90 Å². The highest BCUT2D eigenvalue weighted by atomic mass is 32.1. The number of hydrogen-bond acceptors (Lipinski definition) is 4. The number of benzene rings is 1. The Labute approximate surface area is 141 Å². The van der Waals surface area contributed by atoms with Crippen LogP contribution in [0.1, 0.15) is 28.8 Å². The van der Waals surface area contributed by atoms with Crippen LogP contribution in [-0.4, -0.2) is 40.6 Å². The minimum atomic E-state index is -0.390. The molecule has 0 aliphatic rings. The molecule has 2 rings (SSSR count). The van der Waals surface area contributed by atoms with Crippen molar-refractivity contribution in [3.8, 4) is 11.3 Å². The summed E-state index contributed by atoms with van der Waals surface area (Å²) in [5.74, 6) is 0.0580. The monoisotopic (exact) mass is 332 g/mol. The molecule has 1 heterocycles. The van der Waals surface area contributed by atoms with Gasteiger partial charge in [0.05, 0.1) is 23.2 Å². The van der Waals surface area contributed by atoms with Gasteiger partial charge in [0.15, 0.2) is 0 Å². The van der Waals surface area contributed by atoms with Gasteiger partial charge < -0.3 is 10.0 Å². The van der Waals surface area contributed by atoms with Crippen LogP contribution >= 0.6 is 11.3 Å². The number of aliphatic hydroxyl groups excluding tert-OH is 1. The average Bonchev–Trinajstić information content (AvgIpc) is 2.86. The van der Waals surface area contributed by atoms with E-state index in [2.05, 4.69) is 36.2 Å². The van der Waals surface area contributed by atoms with Gasteiger partial charge in [-0.1, -0.05) is 29.8 Å². The lowest BCUT2D eigenvalue weighted by Gasteiger charge is -2.17. The van der Waals surface area contributed by atoms with E-state index in [0.29, 0.717) is 19.4 Å². The van der Waals surface area contributed by atoms with E-state index in [4.69, 9.17) is 0 Å². The number of rotatable bonds is 6. The number of carbonyl (C=O) groups is 1. The van der Waals surface area contributed by atoms with Crippen molar-refractivity contribution in [3.63, 3.8) is 0 Å². The summed E-state index contributed by atoms with van der Waals surface area (Å²) in [6.07, 6.45) is 0.554. The Balaban J connectivity index is 2.14. The number of aliphatic hydroxyl groups is 1. The first-order chi connectivity index (χ1) is 10.9. The lowest BCUT2D eigenvalue weighted by atomic mass is 10.1. The van der Waals surface area contributed by atoms with E-state index in [1.807, 2.05) is 6.92 Å². The molecule has 4 nitrogen and oxygen atoms in total. The summed E-state index contributed by atoms with van der Waals surface area (Å²) in [7, 11) is 1.78. The van der Waals surface area contributed by atoms with E-state index in [-0.39, 0.29) is 12.0 Å². The Hall–Kier alpha value is -1.72. The van der Waals surface area contributed by atoms with Crippen LogP contribution in [0.25, 0.3) is 11.3 Å². The Bertz CT molecular complexity index is 662. The molecule has 2 aromatic rings. The molecular weight excluding hydrogens is 308 g/mol. The minimum absolute atomic E-state index is 0.0580. The molecule has 0 fully saturated rings. The molecule has 0 spiro atoms. The van der Waals surface area contributed by atoms with E-state index in [0.717, 1.165) is 21.1 Å². The largest absolute Gasteiger partial charge is 0.393 e. The molecule has 0 saturated heterocycles. The molecule has 1 atom stereocenters. The molecule has 0 aliphatic carbocycles. The fourth-order valence-electron chi connectivity index (χ4n) is 2.30. The molecule has 0 aliphatic heterocycles. The predicted octanol–water partition coefficient (Wildman–Crippen LogP) is 3.20. The first kappa shape index (κ1) is 17.6. The summed E-state index contributed by atoms with van der Waals surface area (Å²) in [5.41, 5.74) is 3.16. The average molecular weight is 332 g/mol. The van der Waals surface area contributed by atoms with Crippen LogP contribution in [0.5, 0.6) is 0 Å². The molecule has 0 saturated carbocycles. The number of thiazole rings is 1. The van der Waals surface area contributed by atoms with Crippen LogP contribution in [0.15, 0.2) is 24.3 Å². The second kappa shape index (κ2) is 7.70. The summed E-state index contributed by atoms with van der Waals surface area (Å²) < 4.78 is 0. The summed E-state index contributed by atoms with van der Waals surface area (Å²) in [6.45, 7) is 6.32. The normalized spacial score (nSPS) is 12.2. The smallest absolute Gasteiger partial charge is 0.227 e. The Kier molecular flexibility index (Phi) is 5.91. The van der Waals surface area contributed by atoms with Crippen molar-refractivity contribution in [1.29, 1.82) is 0 Å². The van der Waals surface area contributed by atoms with Crippen molar-refractivity contribution >= 4 is 17.2 Å². The van der Waals surface area contributed by atoms with Gasteiger partial charge in [-0.2, -0.15) is 0 Å². The van der Waals surface area contributed by atoms with Crippen LogP contribution in [0.3, 0.4) is 0 Å². The van der Waals surface area contributed by atoms with Crippen LogP contribution < -0.4 is 0 Å². The quantitative estimate of drug-likeness (QED) is 0.884. The zero-order valence-electron chi connectivity index (χ0n) is 14.2. The number of aryl methyl sites for hydroxylation is 2. The fraction of sp³-hybridized carbons (Fsp3) is 0.444. The van der Waals surface area contributed by atoms with E-state index in [1.165, 1.54) is 5.56 Å². The van der Waals surface area contributed by atoms with E-state index >= 15 is 0 Å². The number of aromatic nitrogens is 1. The van der Waals surface area contributed by atoms with Crippen molar-refractivity contribution in [2.45, 2.75) is 39.7 Å². The molecule has 5 heteroatoms. The second-order valence-electron chi connectivity index (χ2n) is 6.00. The first-order valence-corrected chi connectivity index (χ1v) is 8.64. The Morgan fingerprint density at radius 2 is 1.96 bits per heavy atom. The van der Waals surface area contributed by atoms with Gasteiger partial charge in [-0.3, -0.25) is 4.79 Å². The maximum absolute atomic E-state index is 12.4. The molecule has 1 unspecified atom stereocenters. The van der Waals surface area contributed by atoms with Gasteiger partial charge in [0.1, 0.15) is 0 Å².